The Kier molecular flexibility index (Phi) is 65.0. The van der Waals surface area contributed by atoms with Crippen molar-refractivity contribution < 1.29 is 75.8 Å². The molecule has 534 valence electrons. The van der Waals surface area contributed by atoms with Crippen molar-refractivity contribution in [3.8, 4) is 0 Å². The van der Waals surface area contributed by atoms with Crippen LogP contribution in [0.3, 0.4) is 0 Å². The van der Waals surface area contributed by atoms with Crippen LogP contribution >= 0.6 is 15.6 Å². The number of hydrogen-bond donors (Lipinski definition) is 4. The van der Waals surface area contributed by atoms with Crippen molar-refractivity contribution in [2.45, 2.75) is 296 Å². The van der Waals surface area contributed by atoms with Crippen molar-refractivity contribution in [2.75, 3.05) is 39.6 Å². The molecule has 0 aromatic carbocycles. The Hall–Kier alpha value is -4.05. The summed E-state index contributed by atoms with van der Waals surface area (Å²) < 4.78 is 60.8. The molecule has 5 atom stereocenters. The number of allylic oxidation sites excluding steroid dienone is 20. The van der Waals surface area contributed by atoms with Gasteiger partial charge in [0.15, 0.2) is 6.10 Å². The summed E-state index contributed by atoms with van der Waals surface area (Å²) in [7, 11) is -9.79. The van der Waals surface area contributed by atoms with Crippen LogP contribution in [0.25, 0.3) is 0 Å². The Morgan fingerprint density at radius 3 is 0.946 bits per heavy atom. The van der Waals surface area contributed by atoms with E-state index in [4.69, 9.17) is 32.3 Å². The van der Waals surface area contributed by atoms with Crippen LogP contribution in [0.1, 0.15) is 278 Å². The first-order valence-corrected chi connectivity index (χ1v) is 38.8. The van der Waals surface area contributed by atoms with Gasteiger partial charge >= 0.3 is 33.6 Å². The minimum atomic E-state index is -4.93. The lowest BCUT2D eigenvalue weighted by Gasteiger charge is -2.21. The second-order valence-electron chi connectivity index (χ2n) is 23.7. The molecule has 5 unspecified atom stereocenters. The maximum Gasteiger partial charge on any atom is 0.472 e. The van der Waals surface area contributed by atoms with E-state index in [9.17, 15) is 43.5 Å². The highest BCUT2D eigenvalue weighted by Crippen LogP contribution is 2.45. The molecular weight excluding hydrogens is 1220 g/mol. The number of phosphoric ester groups is 2. The van der Waals surface area contributed by atoms with E-state index < -0.39 is 91.5 Å². The molecule has 93 heavy (non-hydrogen) atoms. The maximum absolute atomic E-state index is 12.9. The van der Waals surface area contributed by atoms with Gasteiger partial charge in [-0.1, -0.05) is 264 Å². The lowest BCUT2D eigenvalue weighted by molar-refractivity contribution is -0.161. The van der Waals surface area contributed by atoms with E-state index in [-0.39, 0.29) is 19.3 Å². The maximum atomic E-state index is 12.9. The molecule has 0 amide bonds. The van der Waals surface area contributed by atoms with Crippen molar-refractivity contribution in [2.24, 2.45) is 0 Å². The van der Waals surface area contributed by atoms with Gasteiger partial charge in [0, 0.05) is 19.3 Å². The van der Waals surface area contributed by atoms with Crippen molar-refractivity contribution in [3.05, 3.63) is 122 Å². The van der Waals surface area contributed by atoms with Gasteiger partial charge in [0.2, 0.25) is 0 Å². The third kappa shape index (κ3) is 69.1. The van der Waals surface area contributed by atoms with Gasteiger partial charge in [-0.2, -0.15) is 0 Å². The number of rotatable bonds is 67. The summed E-state index contributed by atoms with van der Waals surface area (Å²) in [6.45, 7) is 2.46. The predicted octanol–water partition coefficient (Wildman–Crippen LogP) is 20.2. The van der Waals surface area contributed by atoms with E-state index in [0.717, 1.165) is 128 Å². The van der Waals surface area contributed by atoms with Crippen LogP contribution in [0, 0.1) is 0 Å². The summed E-state index contributed by atoms with van der Waals surface area (Å²) in [4.78, 5) is 58.4. The molecule has 0 radical (unpaired) electrons. The number of phosphoric acid groups is 2. The van der Waals surface area contributed by atoms with Crippen LogP contribution in [-0.4, -0.2) is 95.9 Å². The molecule has 0 saturated heterocycles. The van der Waals surface area contributed by atoms with Gasteiger partial charge in [-0.25, -0.2) is 9.13 Å². The Morgan fingerprint density at radius 2 is 0.570 bits per heavy atom. The zero-order chi connectivity index (χ0) is 68.1. The third-order valence-corrected chi connectivity index (χ3v) is 16.6. The number of esters is 3. The predicted molar refractivity (Wildman–Crippen MR) is 380 cm³/mol. The van der Waals surface area contributed by atoms with Crippen LogP contribution in [0.2, 0.25) is 0 Å². The largest absolute Gasteiger partial charge is 0.472 e. The summed E-state index contributed by atoms with van der Waals surface area (Å²) in [5, 5.41) is 20.6. The van der Waals surface area contributed by atoms with Crippen LogP contribution < -0.4 is 0 Å². The van der Waals surface area contributed by atoms with Crippen LogP contribution in [0.5, 0.6) is 0 Å². The minimum Gasteiger partial charge on any atom is -0.463 e. The molecule has 16 nitrogen and oxygen atoms in total. The molecule has 0 aliphatic carbocycles. The highest BCUT2D eigenvalue weighted by molar-refractivity contribution is 7.47. The SMILES string of the molecule is CC/C=C\C/C=C\C/C=C\C/C=C\C/C=C\C/C=C\CCCCC(=O)OCC(COP(=O)(O)OCC(O)COP(=O)(O)OCC(O)COC(=O)CCCCCCCCCCC/C=C\C/C=C\C/C=C\C/C=C\CCCCC)OC(=O)CCCCCCCCCCCCC. The van der Waals surface area contributed by atoms with Gasteiger partial charge in [0.1, 0.15) is 25.4 Å². The lowest BCUT2D eigenvalue weighted by Crippen LogP contribution is -2.30. The number of hydrogen-bond acceptors (Lipinski definition) is 14. The topological polar surface area (TPSA) is 231 Å². The van der Waals surface area contributed by atoms with E-state index in [1.54, 1.807) is 0 Å². The van der Waals surface area contributed by atoms with E-state index in [2.05, 4.69) is 142 Å². The Balaban J connectivity index is 4.57. The molecule has 0 fully saturated rings. The number of carbonyl (C=O) groups excluding carboxylic acids is 3. The molecule has 0 rings (SSSR count). The first kappa shape index (κ1) is 89.0. The molecule has 0 bridgehead atoms. The minimum absolute atomic E-state index is 0.0942. The number of aliphatic hydroxyl groups is 2. The molecule has 0 aromatic rings. The van der Waals surface area contributed by atoms with E-state index in [1.165, 1.54) is 89.9 Å². The first-order valence-electron chi connectivity index (χ1n) is 35.8. The van der Waals surface area contributed by atoms with Crippen molar-refractivity contribution >= 4 is 33.6 Å². The lowest BCUT2D eigenvalue weighted by atomic mass is 10.1. The average molecular weight is 1350 g/mol. The molecule has 0 aliphatic heterocycles. The van der Waals surface area contributed by atoms with Gasteiger partial charge in [-0.05, 0) is 116 Å². The summed E-state index contributed by atoms with van der Waals surface area (Å²) in [5.41, 5.74) is 0. The second kappa shape index (κ2) is 67.9. The summed E-state index contributed by atoms with van der Waals surface area (Å²) in [6.07, 6.45) is 78.3. The molecule has 0 heterocycles. The molecular formula is C75H128O16P2. The Bertz CT molecular complexity index is 2180. The second-order valence-corrected chi connectivity index (χ2v) is 26.6. The molecule has 0 saturated carbocycles. The summed E-state index contributed by atoms with van der Waals surface area (Å²) in [5.74, 6) is -1.63. The monoisotopic (exact) mass is 1350 g/mol. The fourth-order valence-electron chi connectivity index (χ4n) is 9.20. The summed E-state index contributed by atoms with van der Waals surface area (Å²) >= 11 is 0. The molecule has 0 aromatic heterocycles. The van der Waals surface area contributed by atoms with Gasteiger partial charge in [0.05, 0.1) is 26.4 Å². The number of carbonyl (C=O) groups is 3. The number of unbranched alkanes of at least 4 members (excludes halogenated alkanes) is 24. The van der Waals surface area contributed by atoms with Crippen LogP contribution in [0.4, 0.5) is 0 Å². The third-order valence-electron chi connectivity index (χ3n) is 14.7. The quantitative estimate of drug-likeness (QED) is 0.0146. The Morgan fingerprint density at radius 1 is 0.312 bits per heavy atom. The van der Waals surface area contributed by atoms with Gasteiger partial charge in [-0.3, -0.25) is 32.5 Å². The standard InChI is InChI=1S/C75H128O16P2/c1-4-7-10-13-16-19-22-24-26-28-30-32-33-34-35-37-39-40-42-44-47-49-52-55-58-61-73(78)85-64-70(76)65-87-92(81,82)88-66-71(77)67-89-93(83,84)90-69-72(91-75(80)63-60-57-54-51-46-21-18-15-12-9-6-3)68-86-74(79)62-59-56-53-50-48-45-43-41-38-36-31-29-27-25-23-20-17-14-11-8-5-2/h8,11,16-17,19-20,24-27,30-32,34-36,41,43,48,50,70-72,76-77H,4-7,9-10,12-15,18,21-23,28-29,33,37-40,42,44-47,49,51-69H2,1-3H3,(H,81,82)(H,83,84)/b11-8-,19-16-,20-17-,26-24-,27-25-,32-30-,35-34-,36-31-,43-41-,50-48-. The van der Waals surface area contributed by atoms with Crippen LogP contribution in [0.15, 0.2) is 122 Å². The molecule has 18 heteroatoms. The number of ether oxygens (including phenoxy) is 3. The van der Waals surface area contributed by atoms with Crippen molar-refractivity contribution in [1.82, 2.24) is 0 Å². The fourth-order valence-corrected chi connectivity index (χ4v) is 10.8. The first-order chi connectivity index (χ1) is 45.2. The zero-order valence-corrected chi connectivity index (χ0v) is 59.7. The molecule has 0 aliphatic rings. The highest BCUT2D eigenvalue weighted by Gasteiger charge is 2.29. The zero-order valence-electron chi connectivity index (χ0n) is 57.9. The van der Waals surface area contributed by atoms with Gasteiger partial charge in [0.25, 0.3) is 0 Å². The Labute approximate surface area is 563 Å². The molecule has 4 N–H and O–H groups in total. The normalized spacial score (nSPS) is 14.9. The van der Waals surface area contributed by atoms with Gasteiger partial charge in [-0.15, -0.1) is 0 Å². The van der Waals surface area contributed by atoms with E-state index in [0.29, 0.717) is 19.3 Å². The summed E-state index contributed by atoms with van der Waals surface area (Å²) in [6, 6.07) is 0. The average Bonchev–Trinajstić information content (AvgIpc) is 2.38. The fraction of sp³-hybridized carbons (Fsp3) is 0.693. The van der Waals surface area contributed by atoms with Crippen LogP contribution in [-0.2, 0) is 55.8 Å². The van der Waals surface area contributed by atoms with Crippen molar-refractivity contribution in [1.29, 1.82) is 0 Å². The molecule has 0 spiro atoms. The smallest absolute Gasteiger partial charge is 0.463 e. The highest BCUT2D eigenvalue weighted by atomic mass is 31.2. The van der Waals surface area contributed by atoms with Gasteiger partial charge < -0.3 is 34.2 Å². The van der Waals surface area contributed by atoms with Crippen molar-refractivity contribution in [3.63, 3.8) is 0 Å². The van der Waals surface area contributed by atoms with E-state index in [1.807, 2.05) is 0 Å². The van der Waals surface area contributed by atoms with E-state index >= 15 is 0 Å². The number of aliphatic hydroxyl groups excluding tert-OH is 2.